The predicted molar refractivity (Wildman–Crippen MR) is 68.2 cm³/mol. The summed E-state index contributed by atoms with van der Waals surface area (Å²) < 4.78 is 41.7. The van der Waals surface area contributed by atoms with E-state index in [4.69, 9.17) is 5.11 Å². The number of ether oxygens (including phenoxy) is 1. The number of para-hydroxylation sites is 1. The first-order chi connectivity index (χ1) is 9.88. The number of carbonyl (C=O) groups is 1. The van der Waals surface area contributed by atoms with Crippen molar-refractivity contribution in [1.29, 1.82) is 0 Å². The molecule has 21 heavy (non-hydrogen) atoms. The molecule has 0 aliphatic heterocycles. The Morgan fingerprint density at radius 3 is 2.71 bits per heavy atom. The topological polar surface area (TPSA) is 64.3 Å². The zero-order chi connectivity index (χ0) is 15.5. The molecule has 5 nitrogen and oxygen atoms in total. The summed E-state index contributed by atoms with van der Waals surface area (Å²) in [6, 6.07) is 6.80. The van der Waals surface area contributed by atoms with Gasteiger partial charge in [0, 0.05) is 18.5 Å². The molecule has 1 heterocycles. The normalized spacial score (nSPS) is 12.0. The van der Waals surface area contributed by atoms with Crippen LogP contribution in [0.5, 0.6) is 0 Å². The fourth-order valence-corrected chi connectivity index (χ4v) is 1.96. The van der Waals surface area contributed by atoms with Gasteiger partial charge in [0.15, 0.2) is 5.69 Å². The van der Waals surface area contributed by atoms with Gasteiger partial charge in [0.1, 0.15) is 6.61 Å². The van der Waals surface area contributed by atoms with Crippen LogP contribution in [-0.2, 0) is 11.3 Å². The first-order valence-corrected chi connectivity index (χ1v) is 6.22. The highest BCUT2D eigenvalue weighted by Crippen LogP contribution is 2.19. The average molecular weight is 302 g/mol. The maximum atomic E-state index is 11.9. The number of hydrogen-bond donors (Lipinski definition) is 1. The number of benzene rings is 1. The standard InChI is InChI=1S/C13H13F3N2O3/c14-13(15,16)8-21-7-3-6-18-10-5-2-1-4-9(10)11(17-18)12(19)20/h1-2,4-5H,3,6-8H2,(H,19,20). The second kappa shape index (κ2) is 6.13. The molecular formula is C13H13F3N2O3. The third kappa shape index (κ3) is 3.94. The summed E-state index contributed by atoms with van der Waals surface area (Å²) in [6.45, 7) is -1.07. The van der Waals surface area contributed by atoms with Gasteiger partial charge in [0.05, 0.1) is 5.52 Å². The van der Waals surface area contributed by atoms with Gasteiger partial charge in [-0.15, -0.1) is 0 Å². The number of aromatic nitrogens is 2. The van der Waals surface area contributed by atoms with Crippen LogP contribution in [0.2, 0.25) is 0 Å². The van der Waals surface area contributed by atoms with Crippen molar-refractivity contribution in [3.63, 3.8) is 0 Å². The Labute approximate surface area is 117 Å². The molecule has 114 valence electrons. The van der Waals surface area contributed by atoms with Crippen molar-refractivity contribution in [2.45, 2.75) is 19.1 Å². The first kappa shape index (κ1) is 15.3. The summed E-state index contributed by atoms with van der Waals surface area (Å²) in [5.41, 5.74) is 0.563. The van der Waals surface area contributed by atoms with Crippen LogP contribution < -0.4 is 0 Å². The zero-order valence-electron chi connectivity index (χ0n) is 10.9. The molecule has 0 aliphatic rings. The van der Waals surface area contributed by atoms with Crippen molar-refractivity contribution in [2.75, 3.05) is 13.2 Å². The van der Waals surface area contributed by atoms with Crippen molar-refractivity contribution in [3.05, 3.63) is 30.0 Å². The Bertz CT molecular complexity index is 637. The summed E-state index contributed by atoms with van der Waals surface area (Å²) in [5.74, 6) is -1.14. The van der Waals surface area contributed by atoms with Gasteiger partial charge in [-0.2, -0.15) is 18.3 Å². The van der Waals surface area contributed by atoms with E-state index in [1.807, 2.05) is 0 Å². The van der Waals surface area contributed by atoms with Crippen LogP contribution in [0.15, 0.2) is 24.3 Å². The number of aryl methyl sites for hydroxylation is 1. The molecule has 0 unspecified atom stereocenters. The maximum Gasteiger partial charge on any atom is 0.411 e. The van der Waals surface area contributed by atoms with Crippen LogP contribution in [0.4, 0.5) is 13.2 Å². The largest absolute Gasteiger partial charge is 0.476 e. The minimum Gasteiger partial charge on any atom is -0.476 e. The summed E-state index contributed by atoms with van der Waals surface area (Å²) >= 11 is 0. The third-order valence-corrected chi connectivity index (χ3v) is 2.78. The molecule has 1 aromatic carbocycles. The van der Waals surface area contributed by atoms with Gasteiger partial charge in [-0.25, -0.2) is 4.79 Å². The Kier molecular flexibility index (Phi) is 4.46. The number of carboxylic acid groups (broad SMARTS) is 1. The molecule has 0 saturated carbocycles. The van der Waals surface area contributed by atoms with E-state index in [1.54, 1.807) is 24.3 Å². The van der Waals surface area contributed by atoms with Gasteiger partial charge in [0.2, 0.25) is 0 Å². The van der Waals surface area contributed by atoms with Crippen LogP contribution in [0, 0.1) is 0 Å². The molecule has 2 aromatic rings. The number of aromatic carboxylic acids is 1. The van der Waals surface area contributed by atoms with Crippen LogP contribution in [-0.4, -0.2) is 40.2 Å². The molecule has 1 N–H and O–H groups in total. The van der Waals surface area contributed by atoms with Gasteiger partial charge >= 0.3 is 12.1 Å². The number of nitrogens with zero attached hydrogens (tertiary/aromatic N) is 2. The van der Waals surface area contributed by atoms with Gasteiger partial charge in [-0.3, -0.25) is 4.68 Å². The molecular weight excluding hydrogens is 289 g/mol. The molecule has 0 spiro atoms. The summed E-state index contributed by atoms with van der Waals surface area (Å²) in [4.78, 5) is 11.1. The molecule has 8 heteroatoms. The van der Waals surface area contributed by atoms with Crippen LogP contribution in [0.3, 0.4) is 0 Å². The lowest BCUT2D eigenvalue weighted by Crippen LogP contribution is -2.18. The molecule has 2 rings (SSSR count). The minimum atomic E-state index is -4.34. The van der Waals surface area contributed by atoms with E-state index in [1.165, 1.54) is 4.68 Å². The summed E-state index contributed by atoms with van der Waals surface area (Å²) in [5, 5.41) is 13.5. The molecule has 1 aromatic heterocycles. The van der Waals surface area contributed by atoms with Gasteiger partial charge < -0.3 is 9.84 Å². The molecule has 0 aliphatic carbocycles. The smallest absolute Gasteiger partial charge is 0.411 e. The molecule has 0 fully saturated rings. The molecule has 0 radical (unpaired) electrons. The SMILES string of the molecule is O=C(O)c1nn(CCCOCC(F)(F)F)c2ccccc12. The van der Waals surface area contributed by atoms with E-state index in [0.717, 1.165) is 0 Å². The maximum absolute atomic E-state index is 11.9. The molecule has 0 bridgehead atoms. The summed E-state index contributed by atoms with van der Waals surface area (Å²) in [6.07, 6.45) is -4.03. The van der Waals surface area contributed by atoms with Crippen molar-refractivity contribution in [3.8, 4) is 0 Å². The molecule has 0 atom stereocenters. The van der Waals surface area contributed by atoms with E-state index in [-0.39, 0.29) is 18.8 Å². The van der Waals surface area contributed by atoms with Gasteiger partial charge in [-0.1, -0.05) is 18.2 Å². The first-order valence-electron chi connectivity index (χ1n) is 6.22. The van der Waals surface area contributed by atoms with Crippen molar-refractivity contribution in [2.24, 2.45) is 0 Å². The number of hydrogen-bond acceptors (Lipinski definition) is 3. The fourth-order valence-electron chi connectivity index (χ4n) is 1.96. The Morgan fingerprint density at radius 1 is 1.33 bits per heavy atom. The lowest BCUT2D eigenvalue weighted by molar-refractivity contribution is -0.174. The van der Waals surface area contributed by atoms with Crippen molar-refractivity contribution in [1.82, 2.24) is 9.78 Å². The second-order valence-corrected chi connectivity index (χ2v) is 4.42. The molecule has 0 amide bonds. The van der Waals surface area contributed by atoms with Crippen molar-refractivity contribution < 1.29 is 27.8 Å². The van der Waals surface area contributed by atoms with Crippen LogP contribution in [0.1, 0.15) is 16.9 Å². The van der Waals surface area contributed by atoms with E-state index in [2.05, 4.69) is 9.84 Å². The van der Waals surface area contributed by atoms with Crippen LogP contribution in [0.25, 0.3) is 10.9 Å². The number of fused-ring (bicyclic) bond motifs is 1. The van der Waals surface area contributed by atoms with Crippen molar-refractivity contribution >= 4 is 16.9 Å². The number of alkyl halides is 3. The van der Waals surface area contributed by atoms with Gasteiger partial charge in [-0.05, 0) is 12.5 Å². The lowest BCUT2D eigenvalue weighted by atomic mass is 10.2. The zero-order valence-corrected chi connectivity index (χ0v) is 10.9. The third-order valence-electron chi connectivity index (χ3n) is 2.78. The summed E-state index contributed by atoms with van der Waals surface area (Å²) in [7, 11) is 0. The quantitative estimate of drug-likeness (QED) is 0.833. The number of halogens is 3. The fraction of sp³-hybridized carbons (Fsp3) is 0.385. The monoisotopic (exact) mass is 302 g/mol. The Balaban J connectivity index is 2.01. The van der Waals surface area contributed by atoms with E-state index in [9.17, 15) is 18.0 Å². The average Bonchev–Trinajstić information content (AvgIpc) is 2.76. The van der Waals surface area contributed by atoms with E-state index in [0.29, 0.717) is 17.3 Å². The minimum absolute atomic E-state index is 0.0678. The molecule has 0 saturated heterocycles. The van der Waals surface area contributed by atoms with E-state index < -0.39 is 18.8 Å². The highest BCUT2D eigenvalue weighted by Gasteiger charge is 2.27. The number of rotatable bonds is 6. The highest BCUT2D eigenvalue weighted by molar-refractivity contribution is 6.01. The van der Waals surface area contributed by atoms with Crippen LogP contribution >= 0.6 is 0 Å². The Morgan fingerprint density at radius 2 is 2.05 bits per heavy atom. The second-order valence-electron chi connectivity index (χ2n) is 4.42. The van der Waals surface area contributed by atoms with E-state index >= 15 is 0 Å². The lowest BCUT2D eigenvalue weighted by Gasteiger charge is -2.07. The predicted octanol–water partition coefficient (Wildman–Crippen LogP) is 2.70. The van der Waals surface area contributed by atoms with Gasteiger partial charge in [0.25, 0.3) is 0 Å². The number of carboxylic acids is 1. The Hall–Kier alpha value is -2.09. The highest BCUT2D eigenvalue weighted by atomic mass is 19.4.